The standard InChI is InChI=1S/C26H21N5/c1-15-5-9-21-22-10-6-16(2)12-25(22)31(24(21)11-15)20-8-7-19(14-27)23(13-20)26-29-17(3)28-18(4)30-26/h5-13H,1-4H3. The molecular weight excluding hydrogens is 382 g/mol. The maximum absolute atomic E-state index is 9.73. The summed E-state index contributed by atoms with van der Waals surface area (Å²) in [5.74, 6) is 1.80. The third kappa shape index (κ3) is 3.13. The van der Waals surface area contributed by atoms with Crippen LogP contribution in [0.5, 0.6) is 0 Å². The number of benzene rings is 3. The summed E-state index contributed by atoms with van der Waals surface area (Å²) < 4.78 is 2.26. The maximum Gasteiger partial charge on any atom is 0.164 e. The normalized spacial score (nSPS) is 11.2. The highest BCUT2D eigenvalue weighted by molar-refractivity contribution is 6.09. The predicted octanol–water partition coefficient (Wildman–Crippen LogP) is 5.74. The topological polar surface area (TPSA) is 67.4 Å². The van der Waals surface area contributed by atoms with Gasteiger partial charge in [0.15, 0.2) is 5.82 Å². The summed E-state index contributed by atoms with van der Waals surface area (Å²) in [6.07, 6.45) is 0. The predicted molar refractivity (Wildman–Crippen MR) is 123 cm³/mol. The van der Waals surface area contributed by atoms with Crippen LogP contribution < -0.4 is 0 Å². The molecule has 0 radical (unpaired) electrons. The number of hydrogen-bond acceptors (Lipinski definition) is 4. The fraction of sp³-hybridized carbons (Fsp3) is 0.154. The molecule has 150 valence electrons. The minimum atomic E-state index is 0.525. The van der Waals surface area contributed by atoms with Gasteiger partial charge in [-0.1, -0.05) is 24.3 Å². The third-order valence-electron chi connectivity index (χ3n) is 5.56. The Bertz CT molecular complexity index is 1460. The Kier molecular flexibility index (Phi) is 4.30. The lowest BCUT2D eigenvalue weighted by Gasteiger charge is -2.12. The van der Waals surface area contributed by atoms with Gasteiger partial charge < -0.3 is 4.57 Å². The molecule has 0 fully saturated rings. The van der Waals surface area contributed by atoms with Gasteiger partial charge in [-0.2, -0.15) is 5.26 Å². The van der Waals surface area contributed by atoms with Crippen LogP contribution in [0.1, 0.15) is 28.3 Å². The van der Waals surface area contributed by atoms with Crippen LogP contribution in [0.3, 0.4) is 0 Å². The first kappa shape index (κ1) is 19.0. The second-order valence-corrected chi connectivity index (χ2v) is 7.97. The van der Waals surface area contributed by atoms with E-state index in [4.69, 9.17) is 0 Å². The van der Waals surface area contributed by atoms with E-state index in [-0.39, 0.29) is 0 Å². The molecule has 0 N–H and O–H groups in total. The zero-order valence-corrected chi connectivity index (χ0v) is 17.9. The molecule has 5 heteroatoms. The summed E-state index contributed by atoms with van der Waals surface area (Å²) in [6.45, 7) is 7.89. The molecule has 0 aliphatic heterocycles. The number of rotatable bonds is 2. The highest BCUT2D eigenvalue weighted by Crippen LogP contribution is 2.34. The highest BCUT2D eigenvalue weighted by Gasteiger charge is 2.16. The lowest BCUT2D eigenvalue weighted by atomic mass is 10.1. The van der Waals surface area contributed by atoms with Crippen molar-refractivity contribution in [3.63, 3.8) is 0 Å². The van der Waals surface area contributed by atoms with Crippen molar-refractivity contribution in [3.05, 3.63) is 82.9 Å². The van der Waals surface area contributed by atoms with E-state index < -0.39 is 0 Å². The van der Waals surface area contributed by atoms with Crippen molar-refractivity contribution in [2.45, 2.75) is 27.7 Å². The molecule has 31 heavy (non-hydrogen) atoms. The van der Waals surface area contributed by atoms with Crippen LogP contribution in [0.2, 0.25) is 0 Å². The van der Waals surface area contributed by atoms with E-state index in [0.29, 0.717) is 28.6 Å². The lowest BCUT2D eigenvalue weighted by Crippen LogP contribution is -2.02. The molecule has 2 aromatic heterocycles. The second kappa shape index (κ2) is 7.03. The monoisotopic (exact) mass is 403 g/mol. The smallest absolute Gasteiger partial charge is 0.164 e. The highest BCUT2D eigenvalue weighted by atomic mass is 15.0. The largest absolute Gasteiger partial charge is 0.309 e. The minimum absolute atomic E-state index is 0.525. The van der Waals surface area contributed by atoms with Crippen molar-refractivity contribution in [2.24, 2.45) is 0 Å². The summed E-state index contributed by atoms with van der Waals surface area (Å²) in [4.78, 5) is 13.3. The van der Waals surface area contributed by atoms with Gasteiger partial charge in [0.05, 0.1) is 22.7 Å². The summed E-state index contributed by atoms with van der Waals surface area (Å²) in [6, 6.07) is 21.2. The molecule has 0 aliphatic rings. The lowest BCUT2D eigenvalue weighted by molar-refractivity contribution is 0.927. The molecule has 2 heterocycles. The zero-order chi connectivity index (χ0) is 21.7. The molecule has 5 rings (SSSR count). The van der Waals surface area contributed by atoms with Gasteiger partial charge in [-0.3, -0.25) is 0 Å². The first-order chi connectivity index (χ1) is 14.9. The van der Waals surface area contributed by atoms with E-state index in [2.05, 4.69) is 75.8 Å². The van der Waals surface area contributed by atoms with Gasteiger partial charge in [0, 0.05) is 22.0 Å². The molecule has 0 aliphatic carbocycles. The van der Waals surface area contributed by atoms with Gasteiger partial charge in [-0.05, 0) is 69.2 Å². The van der Waals surface area contributed by atoms with Crippen molar-refractivity contribution < 1.29 is 0 Å². The summed E-state index contributed by atoms with van der Waals surface area (Å²) in [5, 5.41) is 12.1. The van der Waals surface area contributed by atoms with E-state index in [1.165, 1.54) is 21.9 Å². The van der Waals surface area contributed by atoms with Crippen LogP contribution in [0.4, 0.5) is 0 Å². The Labute approximate surface area is 180 Å². The van der Waals surface area contributed by atoms with Gasteiger partial charge in [0.1, 0.15) is 11.6 Å². The summed E-state index contributed by atoms with van der Waals surface area (Å²) in [5.41, 5.74) is 6.90. The van der Waals surface area contributed by atoms with Crippen LogP contribution >= 0.6 is 0 Å². The Balaban J connectivity index is 1.86. The average Bonchev–Trinajstić information content (AvgIpc) is 3.04. The van der Waals surface area contributed by atoms with Crippen LogP contribution in [0.25, 0.3) is 38.9 Å². The summed E-state index contributed by atoms with van der Waals surface area (Å²) in [7, 11) is 0. The third-order valence-corrected chi connectivity index (χ3v) is 5.56. The molecule has 0 unspecified atom stereocenters. The average molecular weight is 403 g/mol. The molecule has 0 saturated carbocycles. The van der Waals surface area contributed by atoms with E-state index in [1.54, 1.807) is 0 Å². The van der Waals surface area contributed by atoms with Crippen LogP contribution in [-0.4, -0.2) is 19.5 Å². The van der Waals surface area contributed by atoms with Gasteiger partial charge >= 0.3 is 0 Å². The SMILES string of the molecule is Cc1ccc2c3ccc(C)cc3n(-c3ccc(C#N)c(-c4nc(C)nc(C)n4)c3)c2c1. The number of aryl methyl sites for hydroxylation is 4. The first-order valence-corrected chi connectivity index (χ1v) is 10.2. The Morgan fingerprint density at radius 1 is 0.710 bits per heavy atom. The molecule has 5 aromatic rings. The molecule has 0 saturated heterocycles. The Morgan fingerprint density at radius 3 is 1.84 bits per heavy atom. The van der Waals surface area contributed by atoms with Crippen molar-refractivity contribution in [1.29, 1.82) is 5.26 Å². The van der Waals surface area contributed by atoms with E-state index >= 15 is 0 Å². The van der Waals surface area contributed by atoms with Gasteiger partial charge in [-0.15, -0.1) is 0 Å². The van der Waals surface area contributed by atoms with Crippen molar-refractivity contribution in [3.8, 4) is 23.1 Å². The van der Waals surface area contributed by atoms with Crippen molar-refractivity contribution >= 4 is 21.8 Å². The first-order valence-electron chi connectivity index (χ1n) is 10.2. The van der Waals surface area contributed by atoms with Crippen LogP contribution in [-0.2, 0) is 0 Å². The molecule has 0 spiro atoms. The number of fused-ring (bicyclic) bond motifs is 3. The minimum Gasteiger partial charge on any atom is -0.309 e. The van der Waals surface area contributed by atoms with Crippen molar-refractivity contribution in [1.82, 2.24) is 19.5 Å². The zero-order valence-electron chi connectivity index (χ0n) is 17.9. The number of hydrogen-bond donors (Lipinski definition) is 0. The van der Waals surface area contributed by atoms with E-state index in [9.17, 15) is 5.26 Å². The quantitative estimate of drug-likeness (QED) is 0.377. The molecule has 5 nitrogen and oxygen atoms in total. The van der Waals surface area contributed by atoms with Gasteiger partial charge in [0.25, 0.3) is 0 Å². The van der Waals surface area contributed by atoms with E-state index in [0.717, 1.165) is 16.7 Å². The molecule has 0 bridgehead atoms. The maximum atomic E-state index is 9.73. The number of nitrogens with zero attached hydrogens (tertiary/aromatic N) is 5. The molecule has 0 amide bonds. The van der Waals surface area contributed by atoms with Gasteiger partial charge in [-0.25, -0.2) is 15.0 Å². The fourth-order valence-electron chi connectivity index (χ4n) is 4.21. The number of nitriles is 1. The fourth-order valence-corrected chi connectivity index (χ4v) is 4.21. The van der Waals surface area contributed by atoms with Crippen LogP contribution in [0.15, 0.2) is 54.6 Å². The molecular formula is C26H21N5. The summed E-state index contributed by atoms with van der Waals surface area (Å²) >= 11 is 0. The van der Waals surface area contributed by atoms with Gasteiger partial charge in [0.2, 0.25) is 0 Å². The van der Waals surface area contributed by atoms with Crippen molar-refractivity contribution in [2.75, 3.05) is 0 Å². The molecule has 3 aromatic carbocycles. The van der Waals surface area contributed by atoms with Crippen LogP contribution in [0, 0.1) is 39.0 Å². The Hall–Kier alpha value is -4.04. The van der Waals surface area contributed by atoms with E-state index in [1.807, 2.05) is 32.0 Å². The second-order valence-electron chi connectivity index (χ2n) is 7.97. The number of aromatic nitrogens is 4. The molecule has 0 atom stereocenters. The Morgan fingerprint density at radius 2 is 1.29 bits per heavy atom.